The van der Waals surface area contributed by atoms with Gasteiger partial charge in [-0.1, -0.05) is 26.7 Å². The third kappa shape index (κ3) is 3.47. The summed E-state index contributed by atoms with van der Waals surface area (Å²) in [7, 11) is 0. The number of carboxylic acid groups (broad SMARTS) is 1. The van der Waals surface area contributed by atoms with E-state index in [1.807, 2.05) is 6.92 Å². The van der Waals surface area contributed by atoms with Crippen molar-refractivity contribution in [3.8, 4) is 0 Å². The molecule has 1 aliphatic rings. The van der Waals surface area contributed by atoms with Gasteiger partial charge in [0.1, 0.15) is 5.54 Å². The van der Waals surface area contributed by atoms with Crippen LogP contribution in [0.5, 0.6) is 0 Å². The molecule has 0 aromatic rings. The second-order valence-electron chi connectivity index (χ2n) is 5.52. The summed E-state index contributed by atoms with van der Waals surface area (Å²) >= 11 is 0. The Kier molecular flexibility index (Phi) is 5.17. The molecule has 1 rings (SSSR count). The van der Waals surface area contributed by atoms with Gasteiger partial charge in [-0.2, -0.15) is 0 Å². The first-order valence-corrected chi connectivity index (χ1v) is 7.01. The van der Waals surface area contributed by atoms with E-state index in [1.54, 1.807) is 6.92 Å². The number of unbranched alkanes of at least 4 members (excludes halogenated alkanes) is 1. The molecule has 0 spiro atoms. The van der Waals surface area contributed by atoms with Crippen molar-refractivity contribution in [1.82, 2.24) is 5.32 Å². The van der Waals surface area contributed by atoms with Crippen molar-refractivity contribution >= 4 is 11.9 Å². The minimum absolute atomic E-state index is 0.0534. The molecular weight excluding hydrogens is 230 g/mol. The number of carbonyl (C=O) groups excluding carboxylic acids is 1. The fourth-order valence-electron chi connectivity index (χ4n) is 2.32. The lowest BCUT2D eigenvalue weighted by atomic mass is 9.92. The number of hydrogen-bond donors (Lipinski definition) is 2. The van der Waals surface area contributed by atoms with Crippen LogP contribution in [0.2, 0.25) is 0 Å². The van der Waals surface area contributed by atoms with Gasteiger partial charge in [0, 0.05) is 5.92 Å². The minimum Gasteiger partial charge on any atom is -0.480 e. The molecule has 0 aromatic heterocycles. The first-order valence-electron chi connectivity index (χ1n) is 7.01. The summed E-state index contributed by atoms with van der Waals surface area (Å²) in [6.07, 6.45) is 5.48. The predicted molar refractivity (Wildman–Crippen MR) is 70.2 cm³/mol. The number of rotatable bonds is 8. The van der Waals surface area contributed by atoms with E-state index >= 15 is 0 Å². The number of carbonyl (C=O) groups is 2. The molecule has 0 bridgehead atoms. The van der Waals surface area contributed by atoms with Gasteiger partial charge in [0.25, 0.3) is 0 Å². The monoisotopic (exact) mass is 255 g/mol. The topological polar surface area (TPSA) is 66.4 Å². The fourth-order valence-corrected chi connectivity index (χ4v) is 2.32. The Morgan fingerprint density at radius 3 is 2.39 bits per heavy atom. The first kappa shape index (κ1) is 15.0. The van der Waals surface area contributed by atoms with Gasteiger partial charge in [0.15, 0.2) is 0 Å². The largest absolute Gasteiger partial charge is 0.480 e. The molecule has 0 heterocycles. The van der Waals surface area contributed by atoms with Crippen LogP contribution < -0.4 is 5.32 Å². The average Bonchev–Trinajstić information content (AvgIpc) is 3.13. The van der Waals surface area contributed by atoms with Crippen molar-refractivity contribution in [2.45, 2.75) is 64.8 Å². The summed E-state index contributed by atoms with van der Waals surface area (Å²) in [4.78, 5) is 23.5. The molecule has 1 amide bonds. The Morgan fingerprint density at radius 1 is 1.39 bits per heavy atom. The highest BCUT2D eigenvalue weighted by Crippen LogP contribution is 2.40. The predicted octanol–water partition coefficient (Wildman–Crippen LogP) is 2.57. The van der Waals surface area contributed by atoms with E-state index in [-0.39, 0.29) is 17.7 Å². The number of hydrogen-bond acceptors (Lipinski definition) is 2. The second kappa shape index (κ2) is 6.21. The Hall–Kier alpha value is -1.06. The van der Waals surface area contributed by atoms with Crippen molar-refractivity contribution in [2.75, 3.05) is 0 Å². The molecule has 0 saturated heterocycles. The molecule has 18 heavy (non-hydrogen) atoms. The van der Waals surface area contributed by atoms with Crippen LogP contribution in [0, 0.1) is 11.8 Å². The van der Waals surface area contributed by atoms with Gasteiger partial charge in [-0.15, -0.1) is 0 Å². The molecular formula is C14H25NO3. The Morgan fingerprint density at radius 2 is 2.00 bits per heavy atom. The van der Waals surface area contributed by atoms with Crippen LogP contribution in [0.1, 0.15) is 59.3 Å². The van der Waals surface area contributed by atoms with E-state index < -0.39 is 11.5 Å². The van der Waals surface area contributed by atoms with Crippen LogP contribution in [0.25, 0.3) is 0 Å². The lowest BCUT2D eigenvalue weighted by Crippen LogP contribution is -2.55. The second-order valence-corrected chi connectivity index (χ2v) is 5.52. The third-order valence-corrected chi connectivity index (χ3v) is 3.99. The van der Waals surface area contributed by atoms with Crippen LogP contribution in [0.3, 0.4) is 0 Å². The minimum atomic E-state index is -1.07. The van der Waals surface area contributed by atoms with Crippen LogP contribution in [-0.2, 0) is 9.59 Å². The smallest absolute Gasteiger partial charge is 0.329 e. The van der Waals surface area contributed by atoms with Gasteiger partial charge < -0.3 is 10.4 Å². The molecule has 2 atom stereocenters. The van der Waals surface area contributed by atoms with Crippen molar-refractivity contribution in [1.29, 1.82) is 0 Å². The first-order chi connectivity index (χ1) is 8.45. The standard InChI is InChI=1S/C14H25NO3/c1-4-6-7-10(5-2)12(16)15-14(3,13(17)18)11-8-9-11/h10-11H,4-9H2,1-3H3,(H,15,16)(H,17,18). The highest BCUT2D eigenvalue weighted by atomic mass is 16.4. The average molecular weight is 255 g/mol. The summed E-state index contributed by atoms with van der Waals surface area (Å²) in [5, 5.41) is 12.1. The summed E-state index contributed by atoms with van der Waals surface area (Å²) < 4.78 is 0. The van der Waals surface area contributed by atoms with Crippen molar-refractivity contribution in [3.63, 3.8) is 0 Å². The van der Waals surface area contributed by atoms with E-state index in [0.29, 0.717) is 0 Å². The van der Waals surface area contributed by atoms with Gasteiger partial charge in [0.2, 0.25) is 5.91 Å². The summed E-state index contributed by atoms with van der Waals surface area (Å²) in [6.45, 7) is 5.71. The van der Waals surface area contributed by atoms with E-state index in [4.69, 9.17) is 0 Å². The number of nitrogens with one attached hydrogen (secondary N) is 1. The maximum absolute atomic E-state index is 12.2. The van der Waals surface area contributed by atoms with E-state index in [0.717, 1.165) is 38.5 Å². The zero-order chi connectivity index (χ0) is 13.8. The normalized spacial score (nSPS) is 19.9. The van der Waals surface area contributed by atoms with Crippen molar-refractivity contribution < 1.29 is 14.7 Å². The zero-order valence-corrected chi connectivity index (χ0v) is 11.7. The molecule has 1 aliphatic carbocycles. The van der Waals surface area contributed by atoms with Crippen LogP contribution in [0.4, 0.5) is 0 Å². The summed E-state index contributed by atoms with van der Waals surface area (Å²) in [5.74, 6) is -0.962. The van der Waals surface area contributed by atoms with Crippen LogP contribution in [0.15, 0.2) is 0 Å². The molecule has 4 nitrogen and oxygen atoms in total. The zero-order valence-electron chi connectivity index (χ0n) is 11.7. The highest BCUT2D eigenvalue weighted by molar-refractivity contribution is 5.88. The lowest BCUT2D eigenvalue weighted by molar-refractivity contribution is -0.148. The summed E-state index contributed by atoms with van der Waals surface area (Å²) in [6, 6.07) is 0. The van der Waals surface area contributed by atoms with Gasteiger partial charge in [-0.3, -0.25) is 4.79 Å². The van der Waals surface area contributed by atoms with Gasteiger partial charge in [-0.05, 0) is 38.5 Å². The molecule has 1 fully saturated rings. The van der Waals surface area contributed by atoms with E-state index in [1.165, 1.54) is 0 Å². The van der Waals surface area contributed by atoms with Crippen LogP contribution in [-0.4, -0.2) is 22.5 Å². The molecule has 2 N–H and O–H groups in total. The van der Waals surface area contributed by atoms with Crippen LogP contribution >= 0.6 is 0 Å². The Labute approximate surface area is 109 Å². The molecule has 2 unspecified atom stereocenters. The van der Waals surface area contributed by atoms with Gasteiger partial charge >= 0.3 is 5.97 Å². The Balaban J connectivity index is 2.62. The Bertz CT molecular complexity index is 312. The summed E-state index contributed by atoms with van der Waals surface area (Å²) in [5.41, 5.74) is -1.07. The molecule has 4 heteroatoms. The molecule has 104 valence electrons. The molecule has 0 radical (unpaired) electrons. The third-order valence-electron chi connectivity index (χ3n) is 3.99. The van der Waals surface area contributed by atoms with Crippen molar-refractivity contribution in [2.24, 2.45) is 11.8 Å². The number of aliphatic carboxylic acids is 1. The van der Waals surface area contributed by atoms with Crippen molar-refractivity contribution in [3.05, 3.63) is 0 Å². The number of carboxylic acids is 1. The fraction of sp³-hybridized carbons (Fsp3) is 0.857. The van der Waals surface area contributed by atoms with E-state index in [9.17, 15) is 14.7 Å². The molecule has 0 aliphatic heterocycles. The molecule has 1 saturated carbocycles. The van der Waals surface area contributed by atoms with Gasteiger partial charge in [-0.25, -0.2) is 4.79 Å². The highest BCUT2D eigenvalue weighted by Gasteiger charge is 2.48. The molecule has 0 aromatic carbocycles. The lowest BCUT2D eigenvalue weighted by Gasteiger charge is -2.28. The van der Waals surface area contributed by atoms with Gasteiger partial charge in [0.05, 0.1) is 0 Å². The maximum Gasteiger partial charge on any atom is 0.329 e. The maximum atomic E-state index is 12.2. The SMILES string of the molecule is CCCCC(CC)C(=O)NC(C)(C(=O)O)C1CC1. The van der Waals surface area contributed by atoms with E-state index in [2.05, 4.69) is 12.2 Å². The quantitative estimate of drug-likeness (QED) is 0.700. The number of amides is 1.